The molecule has 1 N–H and O–H groups in total. The van der Waals surface area contributed by atoms with Crippen LogP contribution in [0.5, 0.6) is 0 Å². The Kier molecular flexibility index (Phi) is 6.14. The minimum atomic E-state index is -0.171. The van der Waals surface area contributed by atoms with Gasteiger partial charge in [-0.1, -0.05) is 43.1 Å². The third kappa shape index (κ3) is 4.07. The fraction of sp³-hybridized carbons (Fsp3) is 0.571. The summed E-state index contributed by atoms with van der Waals surface area (Å²) < 4.78 is 14.3. The van der Waals surface area contributed by atoms with Crippen molar-refractivity contribution >= 4 is 15.9 Å². The van der Waals surface area contributed by atoms with E-state index in [1.165, 1.54) is 6.07 Å². The molecule has 17 heavy (non-hydrogen) atoms. The smallest absolute Gasteiger partial charge is 0.123 e. The molecule has 0 spiro atoms. The van der Waals surface area contributed by atoms with E-state index in [2.05, 4.69) is 42.0 Å². The molecule has 0 radical (unpaired) electrons. The standard InChI is InChI=1S/C14H21BrFN/c1-4-8-17-14(10(3)5-2)12-9-11(16)6-7-13(12)15/h6-7,9-10,14,17H,4-5,8H2,1-3H3. The van der Waals surface area contributed by atoms with Crippen LogP contribution in [-0.4, -0.2) is 6.54 Å². The van der Waals surface area contributed by atoms with E-state index < -0.39 is 0 Å². The highest BCUT2D eigenvalue weighted by Crippen LogP contribution is 2.30. The molecule has 0 aromatic heterocycles. The average molecular weight is 302 g/mol. The molecule has 0 saturated carbocycles. The highest BCUT2D eigenvalue weighted by molar-refractivity contribution is 9.10. The number of benzene rings is 1. The van der Waals surface area contributed by atoms with Gasteiger partial charge in [-0.25, -0.2) is 4.39 Å². The highest BCUT2D eigenvalue weighted by atomic mass is 79.9. The molecule has 2 atom stereocenters. The first-order valence-electron chi connectivity index (χ1n) is 6.28. The summed E-state index contributed by atoms with van der Waals surface area (Å²) in [7, 11) is 0. The van der Waals surface area contributed by atoms with Crippen LogP contribution in [0.15, 0.2) is 22.7 Å². The van der Waals surface area contributed by atoms with Crippen LogP contribution >= 0.6 is 15.9 Å². The van der Waals surface area contributed by atoms with Crippen molar-refractivity contribution in [2.24, 2.45) is 5.92 Å². The fourth-order valence-corrected chi connectivity index (χ4v) is 2.40. The Morgan fingerprint density at radius 2 is 2.06 bits per heavy atom. The monoisotopic (exact) mass is 301 g/mol. The molecule has 0 bridgehead atoms. The second-order valence-corrected chi connectivity index (χ2v) is 5.34. The second-order valence-electron chi connectivity index (χ2n) is 4.48. The Morgan fingerprint density at radius 3 is 2.65 bits per heavy atom. The van der Waals surface area contributed by atoms with E-state index in [-0.39, 0.29) is 11.9 Å². The van der Waals surface area contributed by atoms with Crippen molar-refractivity contribution in [2.45, 2.75) is 39.7 Å². The van der Waals surface area contributed by atoms with Crippen molar-refractivity contribution in [3.8, 4) is 0 Å². The summed E-state index contributed by atoms with van der Waals surface area (Å²) in [6, 6.07) is 5.11. The number of rotatable bonds is 6. The van der Waals surface area contributed by atoms with Gasteiger partial charge in [-0.05, 0) is 42.6 Å². The Bertz CT molecular complexity index is 354. The molecular formula is C14H21BrFN. The van der Waals surface area contributed by atoms with E-state index in [0.717, 1.165) is 29.4 Å². The normalized spacial score (nSPS) is 14.6. The summed E-state index contributed by atoms with van der Waals surface area (Å²) in [6.45, 7) is 7.46. The molecule has 0 aliphatic rings. The molecule has 0 heterocycles. The molecule has 96 valence electrons. The van der Waals surface area contributed by atoms with Gasteiger partial charge in [0.1, 0.15) is 5.82 Å². The third-order valence-corrected chi connectivity index (χ3v) is 3.84. The lowest BCUT2D eigenvalue weighted by Gasteiger charge is -2.26. The van der Waals surface area contributed by atoms with Gasteiger partial charge in [-0.15, -0.1) is 0 Å². The topological polar surface area (TPSA) is 12.0 Å². The summed E-state index contributed by atoms with van der Waals surface area (Å²) >= 11 is 3.51. The minimum Gasteiger partial charge on any atom is -0.310 e. The Labute approximate surface area is 112 Å². The van der Waals surface area contributed by atoms with Gasteiger partial charge in [0.05, 0.1) is 0 Å². The quantitative estimate of drug-likeness (QED) is 0.805. The van der Waals surface area contributed by atoms with Gasteiger partial charge >= 0.3 is 0 Å². The van der Waals surface area contributed by atoms with Gasteiger partial charge in [0.15, 0.2) is 0 Å². The molecule has 2 unspecified atom stereocenters. The minimum absolute atomic E-state index is 0.171. The molecule has 0 amide bonds. The molecule has 1 aromatic carbocycles. The maximum atomic E-state index is 13.3. The van der Waals surface area contributed by atoms with E-state index in [1.54, 1.807) is 12.1 Å². The second kappa shape index (κ2) is 7.12. The summed E-state index contributed by atoms with van der Waals surface area (Å²) in [4.78, 5) is 0. The molecule has 3 heteroatoms. The zero-order chi connectivity index (χ0) is 12.8. The van der Waals surface area contributed by atoms with E-state index in [9.17, 15) is 4.39 Å². The van der Waals surface area contributed by atoms with Crippen LogP contribution in [0.3, 0.4) is 0 Å². The summed E-state index contributed by atoms with van der Waals surface area (Å²) in [5, 5.41) is 3.51. The van der Waals surface area contributed by atoms with Gasteiger partial charge in [-0.2, -0.15) is 0 Å². The molecular weight excluding hydrogens is 281 g/mol. The van der Waals surface area contributed by atoms with Crippen LogP contribution in [0.25, 0.3) is 0 Å². The van der Waals surface area contributed by atoms with E-state index in [0.29, 0.717) is 5.92 Å². The Morgan fingerprint density at radius 1 is 1.35 bits per heavy atom. The number of hydrogen-bond acceptors (Lipinski definition) is 1. The first-order valence-corrected chi connectivity index (χ1v) is 7.07. The Hall–Kier alpha value is -0.410. The van der Waals surface area contributed by atoms with Gasteiger partial charge in [0.25, 0.3) is 0 Å². The van der Waals surface area contributed by atoms with E-state index in [4.69, 9.17) is 0 Å². The molecule has 1 aromatic rings. The van der Waals surface area contributed by atoms with Gasteiger partial charge in [0, 0.05) is 10.5 Å². The maximum absolute atomic E-state index is 13.3. The van der Waals surface area contributed by atoms with Gasteiger partial charge in [0.2, 0.25) is 0 Å². The SMILES string of the molecule is CCCNC(c1cc(F)ccc1Br)C(C)CC. The molecule has 0 aliphatic carbocycles. The predicted molar refractivity (Wildman–Crippen MR) is 74.6 cm³/mol. The lowest BCUT2D eigenvalue weighted by atomic mass is 9.92. The van der Waals surface area contributed by atoms with Gasteiger partial charge < -0.3 is 5.32 Å². The van der Waals surface area contributed by atoms with Crippen LogP contribution in [0.4, 0.5) is 4.39 Å². The van der Waals surface area contributed by atoms with E-state index in [1.807, 2.05) is 0 Å². The molecule has 1 nitrogen and oxygen atoms in total. The Balaban J connectivity index is 2.98. The van der Waals surface area contributed by atoms with Crippen molar-refractivity contribution < 1.29 is 4.39 Å². The first-order chi connectivity index (χ1) is 8.10. The molecule has 0 saturated heterocycles. The molecule has 1 rings (SSSR count). The van der Waals surface area contributed by atoms with Gasteiger partial charge in [-0.3, -0.25) is 0 Å². The van der Waals surface area contributed by atoms with Crippen molar-refractivity contribution in [1.82, 2.24) is 5.32 Å². The maximum Gasteiger partial charge on any atom is 0.123 e. The average Bonchev–Trinajstić information content (AvgIpc) is 2.33. The fourth-order valence-electron chi connectivity index (χ4n) is 1.91. The number of halogens is 2. The van der Waals surface area contributed by atoms with Crippen molar-refractivity contribution in [2.75, 3.05) is 6.54 Å². The summed E-state index contributed by atoms with van der Waals surface area (Å²) in [5.41, 5.74) is 1.02. The number of nitrogens with one attached hydrogen (secondary N) is 1. The summed E-state index contributed by atoms with van der Waals surface area (Å²) in [6.07, 6.45) is 2.16. The van der Waals surface area contributed by atoms with Crippen LogP contribution < -0.4 is 5.32 Å². The lowest BCUT2D eigenvalue weighted by molar-refractivity contribution is 0.375. The predicted octanol–water partition coefficient (Wildman–Crippen LogP) is 4.68. The largest absolute Gasteiger partial charge is 0.310 e. The first kappa shape index (κ1) is 14.7. The molecule has 0 fully saturated rings. The van der Waals surface area contributed by atoms with E-state index >= 15 is 0 Å². The van der Waals surface area contributed by atoms with Crippen LogP contribution in [-0.2, 0) is 0 Å². The van der Waals surface area contributed by atoms with Crippen LogP contribution in [0.1, 0.15) is 45.2 Å². The van der Waals surface area contributed by atoms with Crippen molar-refractivity contribution in [3.05, 3.63) is 34.1 Å². The van der Waals surface area contributed by atoms with Crippen molar-refractivity contribution in [3.63, 3.8) is 0 Å². The molecule has 0 aliphatic heterocycles. The van der Waals surface area contributed by atoms with Crippen LogP contribution in [0.2, 0.25) is 0 Å². The zero-order valence-electron chi connectivity index (χ0n) is 10.8. The van der Waals surface area contributed by atoms with Crippen LogP contribution in [0, 0.1) is 11.7 Å². The van der Waals surface area contributed by atoms with Crippen molar-refractivity contribution in [1.29, 1.82) is 0 Å². The lowest BCUT2D eigenvalue weighted by Crippen LogP contribution is -2.27. The zero-order valence-corrected chi connectivity index (χ0v) is 12.3. The number of hydrogen-bond donors (Lipinski definition) is 1. The highest BCUT2D eigenvalue weighted by Gasteiger charge is 2.19. The third-order valence-electron chi connectivity index (χ3n) is 3.12. The summed E-state index contributed by atoms with van der Waals surface area (Å²) in [5.74, 6) is 0.314.